The summed E-state index contributed by atoms with van der Waals surface area (Å²) in [6.07, 6.45) is 9.41. The number of aromatic nitrogens is 2. The highest BCUT2D eigenvalue weighted by molar-refractivity contribution is 6.30. The number of hydrogen-bond acceptors (Lipinski definition) is 12. The van der Waals surface area contributed by atoms with Gasteiger partial charge in [-0.2, -0.15) is 5.26 Å². The predicted octanol–water partition coefficient (Wildman–Crippen LogP) is 6.59. The van der Waals surface area contributed by atoms with Crippen LogP contribution in [-0.2, 0) is 21.6 Å². The van der Waals surface area contributed by atoms with Crippen LogP contribution >= 0.6 is 11.6 Å². The Hall–Kier alpha value is -5.88. The van der Waals surface area contributed by atoms with Crippen molar-refractivity contribution in [1.82, 2.24) is 30.0 Å². The van der Waals surface area contributed by atoms with Crippen molar-refractivity contribution in [2.24, 2.45) is 11.3 Å². The van der Waals surface area contributed by atoms with Crippen molar-refractivity contribution >= 4 is 46.9 Å². The van der Waals surface area contributed by atoms with Crippen LogP contribution in [-0.4, -0.2) is 119 Å². The number of piperazine rings is 1. The number of carbonyl (C=O) groups is 4. The summed E-state index contributed by atoms with van der Waals surface area (Å²) in [5, 5.41) is 12.3. The summed E-state index contributed by atoms with van der Waals surface area (Å²) in [5.41, 5.74) is 5.01. The fourth-order valence-corrected chi connectivity index (χ4v) is 11.7. The molecule has 0 radical (unpaired) electrons. The number of carbonyl (C=O) groups excluding carboxylic acids is 4. The van der Waals surface area contributed by atoms with Gasteiger partial charge in [-0.3, -0.25) is 34.3 Å². The number of rotatable bonds is 11. The number of amides is 4. The second-order valence-electron chi connectivity index (χ2n) is 20.1. The van der Waals surface area contributed by atoms with E-state index in [1.807, 2.05) is 48.7 Å². The topological polar surface area (TPSA) is 155 Å². The highest BCUT2D eigenvalue weighted by Crippen LogP contribution is 2.52. The van der Waals surface area contributed by atoms with E-state index in [4.69, 9.17) is 21.3 Å². The molecule has 4 saturated heterocycles. The Morgan fingerprint density at radius 2 is 1.60 bits per heavy atom. The summed E-state index contributed by atoms with van der Waals surface area (Å²) in [6, 6.07) is 22.8. The molecule has 3 aromatic carbocycles. The predicted molar refractivity (Wildman–Crippen MR) is 254 cm³/mol. The molecule has 1 aromatic heterocycles. The zero-order chi connectivity index (χ0) is 46.5. The highest BCUT2D eigenvalue weighted by Gasteiger charge is 2.49. The molecular weight excluding hydrogens is 866 g/mol. The van der Waals surface area contributed by atoms with Crippen LogP contribution in [0.25, 0.3) is 0 Å². The van der Waals surface area contributed by atoms with E-state index in [-0.39, 0.29) is 24.2 Å². The number of nitriles is 1. The summed E-state index contributed by atoms with van der Waals surface area (Å²) in [4.78, 5) is 71.9. The number of anilines is 2. The molecule has 4 aromatic rings. The van der Waals surface area contributed by atoms with Gasteiger partial charge in [-0.05, 0) is 129 Å². The number of hydrogen-bond donors (Lipinski definition) is 1. The number of imide groups is 2. The number of ether oxygens (including phenoxy) is 1. The van der Waals surface area contributed by atoms with Gasteiger partial charge in [0.25, 0.3) is 11.8 Å². The molecule has 10 rings (SSSR count). The Balaban J connectivity index is 0.646. The Morgan fingerprint density at radius 3 is 2.31 bits per heavy atom. The smallest absolute Gasteiger partial charge is 0.264 e. The Labute approximate surface area is 397 Å². The fourth-order valence-electron chi connectivity index (χ4n) is 11.5. The average Bonchev–Trinajstić information content (AvgIpc) is 3.59. The van der Waals surface area contributed by atoms with Crippen LogP contribution in [0.15, 0.2) is 72.9 Å². The standard InChI is InChI=1S/C52H58ClN9O5/c1-51(2,37-26-35(31-54)27-38(53)28-37)36-6-8-41(9-7-36)67-33-39-12-17-55-50(56-39)61-20-15-52(16-21-61)29-40(30-52)59-18-13-34(14-19-59)32-58-22-24-60(25-23-58)43-5-3-4-42-46(43)49(66)62(48(42)65)44-10-11-45(63)57-47(44)64/h3-9,12,17,26-28,34,40,44H,10-11,13-16,18-25,29-30,32-33H2,1-2H3,(H,57,63,64). The van der Waals surface area contributed by atoms with Gasteiger partial charge in [0.2, 0.25) is 17.8 Å². The second-order valence-corrected chi connectivity index (χ2v) is 20.5. The first kappa shape index (κ1) is 44.9. The minimum absolute atomic E-state index is 0.102. The van der Waals surface area contributed by atoms with Gasteiger partial charge in [0.1, 0.15) is 18.4 Å². The quantitative estimate of drug-likeness (QED) is 0.162. The number of fused-ring (bicyclic) bond motifs is 1. The van der Waals surface area contributed by atoms with Crippen LogP contribution in [0.3, 0.4) is 0 Å². The normalized spacial score (nSPS) is 21.9. The average molecular weight is 925 g/mol. The Morgan fingerprint density at radius 1 is 0.851 bits per heavy atom. The van der Waals surface area contributed by atoms with Crippen molar-refractivity contribution in [1.29, 1.82) is 5.26 Å². The van der Waals surface area contributed by atoms with E-state index in [0.717, 1.165) is 98.0 Å². The van der Waals surface area contributed by atoms with Crippen LogP contribution in [0.4, 0.5) is 11.6 Å². The fraction of sp³-hybridized carbons (Fsp3) is 0.481. The summed E-state index contributed by atoms with van der Waals surface area (Å²) in [5.74, 6) is 0.326. The first-order valence-electron chi connectivity index (χ1n) is 23.9. The van der Waals surface area contributed by atoms with Gasteiger partial charge in [-0.15, -0.1) is 0 Å². The maximum atomic E-state index is 13.7. The van der Waals surface area contributed by atoms with E-state index < -0.39 is 23.8 Å². The third kappa shape index (κ3) is 9.01. The van der Waals surface area contributed by atoms with Gasteiger partial charge in [0.15, 0.2) is 0 Å². The molecule has 1 N–H and O–H groups in total. The molecule has 15 heteroatoms. The zero-order valence-electron chi connectivity index (χ0n) is 38.4. The Bertz CT molecular complexity index is 2600. The third-order valence-corrected chi connectivity index (χ3v) is 15.9. The number of halogens is 1. The van der Waals surface area contributed by atoms with Gasteiger partial charge < -0.3 is 19.4 Å². The van der Waals surface area contributed by atoms with Crippen LogP contribution < -0.4 is 19.9 Å². The van der Waals surface area contributed by atoms with Gasteiger partial charge >= 0.3 is 0 Å². The summed E-state index contributed by atoms with van der Waals surface area (Å²) in [7, 11) is 0. The number of nitrogens with one attached hydrogen (secondary N) is 1. The Kier molecular flexibility index (Phi) is 12.3. The first-order chi connectivity index (χ1) is 32.4. The van der Waals surface area contributed by atoms with E-state index >= 15 is 0 Å². The third-order valence-electron chi connectivity index (χ3n) is 15.7. The largest absolute Gasteiger partial charge is 0.487 e. The number of benzene rings is 3. The van der Waals surface area contributed by atoms with Gasteiger partial charge in [-0.25, -0.2) is 9.97 Å². The van der Waals surface area contributed by atoms with Crippen molar-refractivity contribution in [3.05, 3.63) is 111 Å². The first-order valence-corrected chi connectivity index (χ1v) is 24.3. The molecule has 6 heterocycles. The minimum atomic E-state index is -0.968. The van der Waals surface area contributed by atoms with Crippen LogP contribution in [0.5, 0.6) is 5.75 Å². The monoisotopic (exact) mass is 923 g/mol. The molecule has 6 aliphatic rings. The molecule has 348 valence electrons. The van der Waals surface area contributed by atoms with Gasteiger partial charge in [-0.1, -0.05) is 43.6 Å². The molecule has 0 bridgehead atoms. The molecule has 1 atom stereocenters. The molecule has 1 aliphatic carbocycles. The number of piperidine rings is 3. The zero-order valence-corrected chi connectivity index (χ0v) is 39.1. The van der Waals surface area contributed by atoms with Gasteiger partial charge in [0.05, 0.1) is 34.1 Å². The summed E-state index contributed by atoms with van der Waals surface area (Å²) >= 11 is 6.32. The minimum Gasteiger partial charge on any atom is -0.487 e. The molecule has 14 nitrogen and oxygen atoms in total. The van der Waals surface area contributed by atoms with Crippen LogP contribution in [0.1, 0.15) is 108 Å². The van der Waals surface area contributed by atoms with Crippen molar-refractivity contribution < 1.29 is 23.9 Å². The summed E-state index contributed by atoms with van der Waals surface area (Å²) < 4.78 is 6.18. The molecule has 1 spiro atoms. The number of likely N-dealkylation sites (tertiary alicyclic amines) is 1. The van der Waals surface area contributed by atoms with Gasteiger partial charge in [0, 0.05) is 74.9 Å². The van der Waals surface area contributed by atoms with Crippen molar-refractivity contribution in [2.45, 2.75) is 89.3 Å². The summed E-state index contributed by atoms with van der Waals surface area (Å²) in [6.45, 7) is 13.2. The van der Waals surface area contributed by atoms with E-state index in [9.17, 15) is 24.4 Å². The molecule has 4 amide bonds. The SMILES string of the molecule is CC(C)(c1ccc(OCc2ccnc(N3CCC4(CC3)CC(N3CCC(CN5CCN(c6cccc7c6C(=O)N(C6CCC(=O)NC6=O)C7=O)CC5)CC3)C4)n2)cc1)c1cc(Cl)cc(C#N)c1. The molecular formula is C52H58ClN9O5. The molecule has 1 unspecified atom stereocenters. The molecule has 5 fully saturated rings. The van der Waals surface area contributed by atoms with Crippen molar-refractivity contribution in [3.63, 3.8) is 0 Å². The van der Waals surface area contributed by atoms with Crippen molar-refractivity contribution in [2.75, 3.05) is 68.7 Å². The maximum Gasteiger partial charge on any atom is 0.264 e. The van der Waals surface area contributed by atoms with Crippen molar-refractivity contribution in [3.8, 4) is 11.8 Å². The lowest BCUT2D eigenvalue weighted by molar-refractivity contribution is -0.136. The maximum absolute atomic E-state index is 13.7. The molecule has 67 heavy (non-hydrogen) atoms. The van der Waals surface area contributed by atoms with Crippen LogP contribution in [0.2, 0.25) is 5.02 Å². The van der Waals surface area contributed by atoms with E-state index in [0.29, 0.717) is 45.7 Å². The lowest BCUT2D eigenvalue weighted by atomic mass is 9.59. The molecule has 1 saturated carbocycles. The second kappa shape index (κ2) is 18.3. The van der Waals surface area contributed by atoms with E-state index in [2.05, 4.69) is 61.9 Å². The van der Waals surface area contributed by atoms with E-state index in [1.54, 1.807) is 12.1 Å². The van der Waals surface area contributed by atoms with E-state index in [1.165, 1.54) is 38.5 Å². The lowest BCUT2D eigenvalue weighted by Gasteiger charge is -2.56. The highest BCUT2D eigenvalue weighted by atomic mass is 35.5. The number of nitrogens with zero attached hydrogens (tertiary/aromatic N) is 8. The lowest BCUT2D eigenvalue weighted by Crippen LogP contribution is -2.57. The molecule has 5 aliphatic heterocycles. The van der Waals surface area contributed by atoms with Crippen LogP contribution in [0, 0.1) is 22.7 Å².